The maximum atomic E-state index is 12.0. The molecule has 0 aliphatic carbocycles. The monoisotopic (exact) mass is 283 g/mol. The van der Waals surface area contributed by atoms with Crippen LogP contribution in [0.5, 0.6) is 0 Å². The van der Waals surface area contributed by atoms with Crippen LogP contribution in [0.15, 0.2) is 12.1 Å². The number of nitrogens with zero attached hydrogens (tertiary/aromatic N) is 1. The fourth-order valence-electron chi connectivity index (χ4n) is 2.02. The molecule has 0 radical (unpaired) electrons. The van der Waals surface area contributed by atoms with Crippen molar-refractivity contribution in [1.29, 1.82) is 0 Å². The Bertz CT molecular complexity index is 546. The molecule has 1 aromatic heterocycles. The lowest BCUT2D eigenvalue weighted by Gasteiger charge is -2.33. The largest absolute Gasteiger partial charge is 0.480 e. The van der Waals surface area contributed by atoms with E-state index < -0.39 is 22.3 Å². The molecule has 108 valence electrons. The van der Waals surface area contributed by atoms with Gasteiger partial charge in [-0.25, -0.2) is 9.78 Å². The van der Waals surface area contributed by atoms with Crippen LogP contribution in [-0.2, 0) is 9.53 Å². The smallest absolute Gasteiger partial charge is 0.329 e. The number of aromatic nitrogens is 1. The van der Waals surface area contributed by atoms with Crippen molar-refractivity contribution in [1.82, 2.24) is 10.3 Å². The van der Waals surface area contributed by atoms with Gasteiger partial charge in [-0.2, -0.15) is 0 Å². The van der Waals surface area contributed by atoms with E-state index >= 15 is 0 Å². The standard InChI is InChI=1S/C11H13N3O6/c15-9(7-1-2-8(12-7)14(18)19)13-11(10(16)17)3-5-20-6-4-11/h1-2,12H,3-6H2,(H,13,15)(H,16,17). The van der Waals surface area contributed by atoms with Crippen molar-refractivity contribution in [2.45, 2.75) is 18.4 Å². The minimum absolute atomic E-state index is 0.0520. The number of carboxylic acids is 1. The van der Waals surface area contributed by atoms with Gasteiger partial charge in [0, 0.05) is 32.1 Å². The number of amides is 1. The summed E-state index contributed by atoms with van der Waals surface area (Å²) in [5.41, 5.74) is -1.45. The van der Waals surface area contributed by atoms with E-state index in [0.29, 0.717) is 0 Å². The average Bonchev–Trinajstić information content (AvgIpc) is 2.89. The van der Waals surface area contributed by atoms with Crippen molar-refractivity contribution < 1.29 is 24.4 Å². The second-order valence-electron chi connectivity index (χ2n) is 4.47. The van der Waals surface area contributed by atoms with E-state index in [1.165, 1.54) is 6.07 Å². The van der Waals surface area contributed by atoms with Crippen LogP contribution in [0.25, 0.3) is 0 Å². The summed E-state index contributed by atoms with van der Waals surface area (Å²) in [6.07, 6.45) is 0.299. The Kier molecular flexibility index (Phi) is 3.70. The van der Waals surface area contributed by atoms with Gasteiger partial charge < -0.3 is 25.3 Å². The molecule has 9 heteroatoms. The first-order valence-corrected chi connectivity index (χ1v) is 5.92. The summed E-state index contributed by atoms with van der Waals surface area (Å²) in [5, 5.41) is 22.2. The van der Waals surface area contributed by atoms with Crippen LogP contribution in [0.2, 0.25) is 0 Å². The predicted octanol–water partition coefficient (Wildman–Crippen LogP) is 0.286. The third kappa shape index (κ3) is 2.62. The van der Waals surface area contributed by atoms with E-state index in [-0.39, 0.29) is 37.6 Å². The Morgan fingerprint density at radius 1 is 1.40 bits per heavy atom. The zero-order valence-corrected chi connectivity index (χ0v) is 10.4. The molecule has 9 nitrogen and oxygen atoms in total. The molecule has 0 atom stereocenters. The summed E-state index contributed by atoms with van der Waals surface area (Å²) in [7, 11) is 0. The molecule has 1 amide bonds. The van der Waals surface area contributed by atoms with Gasteiger partial charge in [0.15, 0.2) is 5.69 Å². The maximum Gasteiger partial charge on any atom is 0.329 e. The topological polar surface area (TPSA) is 135 Å². The number of carboxylic acid groups (broad SMARTS) is 1. The van der Waals surface area contributed by atoms with E-state index in [9.17, 15) is 24.8 Å². The van der Waals surface area contributed by atoms with E-state index in [1.807, 2.05) is 0 Å². The van der Waals surface area contributed by atoms with Crippen molar-refractivity contribution in [3.63, 3.8) is 0 Å². The summed E-state index contributed by atoms with van der Waals surface area (Å²) in [6, 6.07) is 2.38. The molecule has 1 aliphatic rings. The van der Waals surface area contributed by atoms with Crippen LogP contribution in [-0.4, -0.2) is 45.6 Å². The number of H-pyrrole nitrogens is 1. The Morgan fingerprint density at radius 2 is 2.05 bits per heavy atom. The van der Waals surface area contributed by atoms with Gasteiger partial charge >= 0.3 is 11.8 Å². The molecule has 1 aromatic rings. The summed E-state index contributed by atoms with van der Waals surface area (Å²) in [4.78, 5) is 35.5. The zero-order valence-electron chi connectivity index (χ0n) is 10.4. The van der Waals surface area contributed by atoms with Gasteiger partial charge in [-0.1, -0.05) is 0 Å². The molecule has 0 aromatic carbocycles. The van der Waals surface area contributed by atoms with Crippen LogP contribution in [0.4, 0.5) is 5.82 Å². The van der Waals surface area contributed by atoms with Gasteiger partial charge in [-0.15, -0.1) is 0 Å². The first-order valence-electron chi connectivity index (χ1n) is 5.92. The van der Waals surface area contributed by atoms with E-state index in [2.05, 4.69) is 10.3 Å². The van der Waals surface area contributed by atoms with Gasteiger partial charge in [0.2, 0.25) is 0 Å². The zero-order chi connectivity index (χ0) is 14.8. The number of ether oxygens (including phenoxy) is 1. The molecule has 0 spiro atoms. The number of nitrogens with one attached hydrogen (secondary N) is 2. The molecule has 3 N–H and O–H groups in total. The normalized spacial score (nSPS) is 17.4. The van der Waals surface area contributed by atoms with Crippen LogP contribution >= 0.6 is 0 Å². The van der Waals surface area contributed by atoms with Crippen LogP contribution in [0.1, 0.15) is 23.3 Å². The van der Waals surface area contributed by atoms with Gasteiger partial charge in [0.25, 0.3) is 5.91 Å². The number of hydrogen-bond donors (Lipinski definition) is 3. The molecule has 2 heterocycles. The highest BCUT2D eigenvalue weighted by molar-refractivity contribution is 5.96. The lowest BCUT2D eigenvalue weighted by molar-refractivity contribution is -0.389. The third-order valence-electron chi connectivity index (χ3n) is 3.22. The first kappa shape index (κ1) is 14.0. The number of rotatable bonds is 4. The Hall–Kier alpha value is -2.42. The summed E-state index contributed by atoms with van der Waals surface area (Å²) in [6.45, 7) is 0.467. The number of nitro groups is 1. The molecular weight excluding hydrogens is 270 g/mol. The average molecular weight is 283 g/mol. The fourth-order valence-corrected chi connectivity index (χ4v) is 2.02. The molecule has 0 bridgehead atoms. The molecule has 2 rings (SSSR count). The minimum atomic E-state index is -1.39. The Labute approximate surface area is 113 Å². The van der Waals surface area contributed by atoms with E-state index in [1.54, 1.807) is 0 Å². The van der Waals surface area contributed by atoms with E-state index in [0.717, 1.165) is 6.07 Å². The highest BCUT2D eigenvalue weighted by Gasteiger charge is 2.42. The van der Waals surface area contributed by atoms with E-state index in [4.69, 9.17) is 4.74 Å². The Morgan fingerprint density at radius 3 is 2.55 bits per heavy atom. The Balaban J connectivity index is 2.15. The first-order chi connectivity index (χ1) is 9.44. The molecule has 20 heavy (non-hydrogen) atoms. The van der Waals surface area contributed by atoms with Gasteiger partial charge in [0.1, 0.15) is 5.54 Å². The van der Waals surface area contributed by atoms with Crippen LogP contribution in [0.3, 0.4) is 0 Å². The number of carbonyl (C=O) groups excluding carboxylic acids is 1. The maximum absolute atomic E-state index is 12.0. The lowest BCUT2D eigenvalue weighted by atomic mass is 9.90. The van der Waals surface area contributed by atoms with Crippen molar-refractivity contribution in [3.8, 4) is 0 Å². The van der Waals surface area contributed by atoms with Crippen molar-refractivity contribution in [3.05, 3.63) is 27.9 Å². The number of aliphatic carboxylic acids is 1. The molecule has 0 unspecified atom stereocenters. The molecule has 1 aliphatic heterocycles. The minimum Gasteiger partial charge on any atom is -0.480 e. The quantitative estimate of drug-likeness (QED) is 0.536. The molecule has 1 fully saturated rings. The van der Waals surface area contributed by atoms with Crippen molar-refractivity contribution in [2.75, 3.05) is 13.2 Å². The molecule has 0 saturated carbocycles. The van der Waals surface area contributed by atoms with Crippen molar-refractivity contribution in [2.24, 2.45) is 0 Å². The second kappa shape index (κ2) is 5.29. The number of aromatic amines is 1. The fraction of sp³-hybridized carbons (Fsp3) is 0.455. The lowest BCUT2D eigenvalue weighted by Crippen LogP contribution is -2.57. The van der Waals surface area contributed by atoms with Gasteiger partial charge in [0.05, 0.1) is 0 Å². The second-order valence-corrected chi connectivity index (χ2v) is 4.47. The summed E-state index contributed by atoms with van der Waals surface area (Å²) < 4.78 is 5.09. The number of hydrogen-bond acceptors (Lipinski definition) is 5. The summed E-state index contributed by atoms with van der Waals surface area (Å²) in [5.74, 6) is -2.16. The third-order valence-corrected chi connectivity index (χ3v) is 3.22. The highest BCUT2D eigenvalue weighted by atomic mass is 16.6. The van der Waals surface area contributed by atoms with Crippen LogP contribution in [0, 0.1) is 10.1 Å². The SMILES string of the molecule is O=C(NC1(C(=O)O)CCOCC1)c1ccc([N+](=O)[O-])[nH]1. The predicted molar refractivity (Wildman–Crippen MR) is 65.3 cm³/mol. The highest BCUT2D eigenvalue weighted by Crippen LogP contribution is 2.22. The molecular formula is C11H13N3O6. The van der Waals surface area contributed by atoms with Gasteiger partial charge in [-0.3, -0.25) is 4.79 Å². The molecule has 1 saturated heterocycles. The van der Waals surface area contributed by atoms with Gasteiger partial charge in [-0.05, 0) is 11.0 Å². The van der Waals surface area contributed by atoms with Crippen LogP contribution < -0.4 is 5.32 Å². The summed E-state index contributed by atoms with van der Waals surface area (Å²) >= 11 is 0. The number of carbonyl (C=O) groups is 2. The van der Waals surface area contributed by atoms with Crippen molar-refractivity contribution >= 4 is 17.7 Å².